The van der Waals surface area contributed by atoms with E-state index < -0.39 is 0 Å². The van der Waals surface area contributed by atoms with E-state index in [1.165, 1.54) is 0 Å². The van der Waals surface area contributed by atoms with Crippen LogP contribution in [0.4, 0.5) is 5.69 Å². The van der Waals surface area contributed by atoms with Crippen LogP contribution in [0, 0.1) is 11.3 Å². The van der Waals surface area contributed by atoms with Crippen LogP contribution >= 0.6 is 15.9 Å². The summed E-state index contributed by atoms with van der Waals surface area (Å²) in [7, 11) is 0. The predicted octanol–water partition coefficient (Wildman–Crippen LogP) is 2.71. The fourth-order valence-corrected chi connectivity index (χ4v) is 2.72. The maximum atomic E-state index is 9.32. The Balaban J connectivity index is 2.23. The third-order valence-corrected chi connectivity index (χ3v) is 3.74. The number of nitriles is 1. The second kappa shape index (κ2) is 5.16. The third-order valence-electron chi connectivity index (χ3n) is 3.25. The minimum Gasteiger partial charge on any atom is -0.378 e. The minimum atomic E-state index is 0.618. The topological polar surface area (TPSA) is 49.2 Å². The number of fused-ring (bicyclic) bond motifs is 1. The van der Waals surface area contributed by atoms with Crippen molar-refractivity contribution in [3.05, 3.63) is 34.4 Å². The van der Waals surface area contributed by atoms with E-state index in [-0.39, 0.29) is 0 Å². The molecule has 3 rings (SSSR count). The molecule has 0 bridgehead atoms. The van der Waals surface area contributed by atoms with Crippen molar-refractivity contribution in [2.75, 3.05) is 31.2 Å². The van der Waals surface area contributed by atoms with Crippen molar-refractivity contribution in [3.8, 4) is 6.07 Å². The lowest BCUT2D eigenvalue weighted by Crippen LogP contribution is -2.36. The van der Waals surface area contributed by atoms with E-state index in [0.29, 0.717) is 18.8 Å². The first-order chi connectivity index (χ1) is 9.29. The van der Waals surface area contributed by atoms with Gasteiger partial charge in [-0.1, -0.05) is 15.9 Å². The second-order valence-corrected chi connectivity index (χ2v) is 5.31. The Hall–Kier alpha value is -1.64. The Labute approximate surface area is 119 Å². The van der Waals surface area contributed by atoms with E-state index in [1.807, 2.05) is 18.2 Å². The van der Waals surface area contributed by atoms with Crippen LogP contribution in [0.2, 0.25) is 0 Å². The smallest absolute Gasteiger partial charge is 0.103 e. The summed E-state index contributed by atoms with van der Waals surface area (Å²) in [6.45, 7) is 3.01. The lowest BCUT2D eigenvalue weighted by atomic mass is 10.1. The Bertz CT molecular complexity index is 660. The van der Waals surface area contributed by atoms with Gasteiger partial charge in [0.15, 0.2) is 0 Å². The molecule has 2 aromatic rings. The Morgan fingerprint density at radius 1 is 1.32 bits per heavy atom. The molecular formula is C14H12BrN3O. The molecule has 1 aromatic heterocycles. The van der Waals surface area contributed by atoms with E-state index >= 15 is 0 Å². The normalized spacial score (nSPS) is 15.5. The summed E-state index contributed by atoms with van der Waals surface area (Å²) in [5, 5.41) is 10.3. The number of pyridine rings is 1. The number of halogens is 1. The van der Waals surface area contributed by atoms with Crippen molar-refractivity contribution >= 4 is 32.5 Å². The van der Waals surface area contributed by atoms with E-state index in [1.54, 1.807) is 6.20 Å². The summed E-state index contributed by atoms with van der Waals surface area (Å²) in [5.74, 6) is 0. The van der Waals surface area contributed by atoms with Gasteiger partial charge in [0.05, 0.1) is 30.0 Å². The number of hydrogen-bond donors (Lipinski definition) is 0. The highest BCUT2D eigenvalue weighted by atomic mass is 79.9. The van der Waals surface area contributed by atoms with Crippen LogP contribution in [-0.4, -0.2) is 31.3 Å². The van der Waals surface area contributed by atoms with Crippen molar-refractivity contribution < 1.29 is 4.74 Å². The van der Waals surface area contributed by atoms with Crippen LogP contribution in [0.15, 0.2) is 28.9 Å². The van der Waals surface area contributed by atoms with Gasteiger partial charge in [-0.15, -0.1) is 0 Å². The number of aromatic nitrogens is 1. The van der Waals surface area contributed by atoms with Crippen molar-refractivity contribution in [2.24, 2.45) is 0 Å². The number of benzene rings is 1. The lowest BCUT2D eigenvalue weighted by Gasteiger charge is -2.30. The lowest BCUT2D eigenvalue weighted by molar-refractivity contribution is 0.123. The summed E-state index contributed by atoms with van der Waals surface area (Å²) in [4.78, 5) is 6.55. The van der Waals surface area contributed by atoms with Gasteiger partial charge in [0.1, 0.15) is 6.07 Å². The molecule has 0 atom stereocenters. The highest BCUT2D eigenvalue weighted by Gasteiger charge is 2.18. The van der Waals surface area contributed by atoms with Crippen molar-refractivity contribution in [2.45, 2.75) is 0 Å². The summed E-state index contributed by atoms with van der Waals surface area (Å²) in [6.07, 6.45) is 1.65. The van der Waals surface area contributed by atoms with Crippen LogP contribution in [0.3, 0.4) is 0 Å². The van der Waals surface area contributed by atoms with E-state index in [0.717, 1.165) is 34.2 Å². The number of anilines is 1. The first-order valence-corrected chi connectivity index (χ1v) is 6.90. The highest BCUT2D eigenvalue weighted by molar-refractivity contribution is 9.10. The molecule has 2 heterocycles. The summed E-state index contributed by atoms with van der Waals surface area (Å²) < 4.78 is 6.37. The molecular weight excluding hydrogens is 306 g/mol. The highest BCUT2D eigenvalue weighted by Crippen LogP contribution is 2.31. The monoisotopic (exact) mass is 317 g/mol. The predicted molar refractivity (Wildman–Crippen MR) is 77.2 cm³/mol. The van der Waals surface area contributed by atoms with Crippen LogP contribution in [0.25, 0.3) is 10.9 Å². The number of nitrogens with zero attached hydrogens (tertiary/aromatic N) is 3. The third kappa shape index (κ3) is 2.29. The van der Waals surface area contributed by atoms with E-state index in [4.69, 9.17) is 4.74 Å². The van der Waals surface area contributed by atoms with Crippen molar-refractivity contribution in [1.29, 1.82) is 5.26 Å². The first kappa shape index (κ1) is 12.4. The van der Waals surface area contributed by atoms with Gasteiger partial charge in [0.2, 0.25) is 0 Å². The molecule has 5 heteroatoms. The van der Waals surface area contributed by atoms with Crippen molar-refractivity contribution in [1.82, 2.24) is 4.98 Å². The van der Waals surface area contributed by atoms with Gasteiger partial charge in [0, 0.05) is 29.1 Å². The van der Waals surface area contributed by atoms with Crippen LogP contribution in [0.5, 0.6) is 0 Å². The van der Waals surface area contributed by atoms with Crippen molar-refractivity contribution in [3.63, 3.8) is 0 Å². The van der Waals surface area contributed by atoms with Gasteiger partial charge in [0.25, 0.3) is 0 Å². The first-order valence-electron chi connectivity index (χ1n) is 6.10. The summed E-state index contributed by atoms with van der Waals surface area (Å²) in [5.41, 5.74) is 2.49. The van der Waals surface area contributed by atoms with Gasteiger partial charge >= 0.3 is 0 Å². The zero-order chi connectivity index (χ0) is 13.2. The SMILES string of the molecule is N#Cc1cnc2ccc(Br)cc2c1N1CCOCC1. The molecule has 0 N–H and O–H groups in total. The number of ether oxygens (including phenoxy) is 1. The molecule has 4 nitrogen and oxygen atoms in total. The molecule has 0 unspecified atom stereocenters. The van der Waals surface area contributed by atoms with Gasteiger partial charge < -0.3 is 9.64 Å². The number of morpholine rings is 1. The average Bonchev–Trinajstić information content (AvgIpc) is 2.46. The molecule has 0 amide bonds. The molecule has 0 saturated carbocycles. The number of hydrogen-bond acceptors (Lipinski definition) is 4. The molecule has 0 spiro atoms. The van der Waals surface area contributed by atoms with Gasteiger partial charge in [-0.25, -0.2) is 0 Å². The standard InChI is InChI=1S/C14H12BrN3O/c15-11-1-2-13-12(7-11)14(10(8-16)9-17-13)18-3-5-19-6-4-18/h1-2,7,9H,3-6H2. The quantitative estimate of drug-likeness (QED) is 0.811. The van der Waals surface area contributed by atoms with E-state index in [2.05, 4.69) is 31.9 Å². The zero-order valence-corrected chi connectivity index (χ0v) is 11.9. The molecule has 0 radical (unpaired) electrons. The molecule has 1 aliphatic rings. The Morgan fingerprint density at radius 3 is 2.84 bits per heavy atom. The molecule has 1 fully saturated rings. The maximum Gasteiger partial charge on any atom is 0.103 e. The molecule has 1 aliphatic heterocycles. The summed E-state index contributed by atoms with van der Waals surface area (Å²) >= 11 is 3.48. The largest absolute Gasteiger partial charge is 0.378 e. The maximum absolute atomic E-state index is 9.32. The Kier molecular flexibility index (Phi) is 3.36. The van der Waals surface area contributed by atoms with Crippen LogP contribution < -0.4 is 4.90 Å². The molecule has 96 valence electrons. The average molecular weight is 318 g/mol. The second-order valence-electron chi connectivity index (χ2n) is 4.39. The van der Waals surface area contributed by atoms with Gasteiger partial charge in [-0.3, -0.25) is 4.98 Å². The van der Waals surface area contributed by atoms with Gasteiger partial charge in [-0.2, -0.15) is 5.26 Å². The van der Waals surface area contributed by atoms with Crippen LogP contribution in [0.1, 0.15) is 5.56 Å². The molecule has 19 heavy (non-hydrogen) atoms. The van der Waals surface area contributed by atoms with E-state index in [9.17, 15) is 5.26 Å². The zero-order valence-electron chi connectivity index (χ0n) is 10.3. The molecule has 1 aromatic carbocycles. The van der Waals surface area contributed by atoms with Gasteiger partial charge in [-0.05, 0) is 18.2 Å². The molecule has 1 saturated heterocycles. The fourth-order valence-electron chi connectivity index (χ4n) is 2.36. The van der Waals surface area contributed by atoms with Crippen LogP contribution in [-0.2, 0) is 4.74 Å². The summed E-state index contributed by atoms with van der Waals surface area (Å²) in [6, 6.07) is 8.19. The number of rotatable bonds is 1. The Morgan fingerprint density at radius 2 is 2.11 bits per heavy atom. The molecule has 0 aliphatic carbocycles. The fraction of sp³-hybridized carbons (Fsp3) is 0.286. The minimum absolute atomic E-state index is 0.618.